The summed E-state index contributed by atoms with van der Waals surface area (Å²) in [6.07, 6.45) is 0. The standard InChI is InChI=1S/C10H20BrN3O2SSi.C8H15Br2N3OSi.C2H6OS/c1-18(2,3)7-5-16-8-14-10(17-6-4-15)12-9(11)13-14;1-15(2,3)5-4-14-6-13-8(10)11-7(9)12-13;3-1-2-4/h15H,4-8H2,1-3H3;4-6H2,1-3H3;3-4H,1-2H2. The van der Waals surface area contributed by atoms with Crippen LogP contribution in [0, 0.1) is 0 Å². The number of ether oxygens (including phenoxy) is 2. The van der Waals surface area contributed by atoms with Gasteiger partial charge < -0.3 is 19.7 Å². The quantitative estimate of drug-likeness (QED) is 0.0993. The molecule has 2 aromatic heterocycles. The molecule has 2 N–H and O–H groups in total. The summed E-state index contributed by atoms with van der Waals surface area (Å²) in [7, 11) is -2.04. The third-order valence-corrected chi connectivity index (χ3v) is 9.87. The lowest BCUT2D eigenvalue weighted by Crippen LogP contribution is -2.22. The van der Waals surface area contributed by atoms with Crippen molar-refractivity contribution in [3.63, 3.8) is 0 Å². The first-order chi connectivity index (χ1) is 17.2. The molecule has 0 atom stereocenters. The van der Waals surface area contributed by atoms with Crippen molar-refractivity contribution in [1.82, 2.24) is 29.5 Å². The second-order valence-corrected chi connectivity index (χ2v) is 24.9. The highest BCUT2D eigenvalue weighted by atomic mass is 79.9. The number of hydrogen-bond donors (Lipinski definition) is 3. The Labute approximate surface area is 257 Å². The van der Waals surface area contributed by atoms with Gasteiger partial charge in [0, 0.05) is 40.9 Å². The molecule has 0 radical (unpaired) electrons. The molecule has 37 heavy (non-hydrogen) atoms. The monoisotopic (exact) mass is 786 g/mol. The minimum Gasteiger partial charge on any atom is -0.396 e. The van der Waals surface area contributed by atoms with Crippen LogP contribution in [0.2, 0.25) is 51.4 Å². The number of thiol groups is 1. The van der Waals surface area contributed by atoms with Crippen molar-refractivity contribution in [2.24, 2.45) is 0 Å². The summed E-state index contributed by atoms with van der Waals surface area (Å²) < 4.78 is 16.4. The third-order valence-electron chi connectivity index (χ3n) is 4.06. The second-order valence-electron chi connectivity index (χ2n) is 10.0. The zero-order valence-electron chi connectivity index (χ0n) is 22.5. The van der Waals surface area contributed by atoms with Crippen LogP contribution in [0.1, 0.15) is 0 Å². The van der Waals surface area contributed by atoms with Gasteiger partial charge in [-0.25, -0.2) is 9.36 Å². The van der Waals surface area contributed by atoms with Crippen molar-refractivity contribution in [2.75, 3.05) is 37.9 Å². The zero-order valence-corrected chi connectivity index (χ0v) is 30.9. The van der Waals surface area contributed by atoms with Crippen LogP contribution in [0.5, 0.6) is 0 Å². The van der Waals surface area contributed by atoms with Crippen molar-refractivity contribution in [1.29, 1.82) is 0 Å². The fourth-order valence-corrected chi connectivity index (χ4v) is 5.67. The maximum Gasteiger partial charge on any atom is 0.218 e. The molecular formula is C20H41Br3N6O4S2Si2. The Balaban J connectivity index is 0.000000619. The van der Waals surface area contributed by atoms with Gasteiger partial charge in [-0.15, -0.1) is 10.2 Å². The molecule has 0 aliphatic carbocycles. The number of nitrogens with zero attached hydrogens (tertiary/aromatic N) is 6. The summed E-state index contributed by atoms with van der Waals surface area (Å²) >= 11 is 14.9. The number of halogens is 3. The smallest absolute Gasteiger partial charge is 0.218 e. The van der Waals surface area contributed by atoms with Crippen molar-refractivity contribution < 1.29 is 19.7 Å². The molecule has 10 nitrogen and oxygen atoms in total. The molecule has 17 heteroatoms. The first kappa shape index (κ1) is 37.7. The highest BCUT2D eigenvalue weighted by molar-refractivity contribution is 9.11. The summed E-state index contributed by atoms with van der Waals surface area (Å²) in [5.41, 5.74) is 0. The Kier molecular flexibility index (Phi) is 20.9. The van der Waals surface area contributed by atoms with E-state index in [0.29, 0.717) is 39.2 Å². The van der Waals surface area contributed by atoms with Gasteiger partial charge in [0.15, 0.2) is 9.89 Å². The van der Waals surface area contributed by atoms with Crippen LogP contribution in [0.3, 0.4) is 0 Å². The minimum absolute atomic E-state index is 0.131. The minimum atomic E-state index is -1.04. The fourth-order valence-electron chi connectivity index (χ4n) is 2.07. The second kappa shape index (κ2) is 20.6. The molecule has 0 saturated heterocycles. The number of hydrogen-bond acceptors (Lipinski definition) is 10. The lowest BCUT2D eigenvalue weighted by Gasteiger charge is -2.15. The molecule has 216 valence electrons. The maximum absolute atomic E-state index is 8.81. The van der Waals surface area contributed by atoms with Crippen LogP contribution in [-0.2, 0) is 22.9 Å². The van der Waals surface area contributed by atoms with E-state index >= 15 is 0 Å². The Bertz CT molecular complexity index is 868. The summed E-state index contributed by atoms with van der Waals surface area (Å²) in [6, 6.07) is 2.31. The Morgan fingerprint density at radius 1 is 0.811 bits per heavy atom. The Hall–Kier alpha value is 0.694. The average Bonchev–Trinajstić information content (AvgIpc) is 3.31. The zero-order chi connectivity index (χ0) is 28.5. The molecule has 0 bridgehead atoms. The molecule has 0 amide bonds. The molecule has 2 rings (SSSR count). The van der Waals surface area contributed by atoms with E-state index in [4.69, 9.17) is 19.7 Å². The molecule has 0 aliphatic rings. The number of aromatic nitrogens is 6. The normalized spacial score (nSPS) is 11.6. The van der Waals surface area contributed by atoms with E-state index in [9.17, 15) is 0 Å². The van der Waals surface area contributed by atoms with E-state index in [1.807, 2.05) is 0 Å². The summed E-state index contributed by atoms with van der Waals surface area (Å²) in [5.74, 6) is 1.18. The summed E-state index contributed by atoms with van der Waals surface area (Å²) in [6.45, 7) is 16.7. The van der Waals surface area contributed by atoms with Crippen molar-refractivity contribution in [2.45, 2.75) is 70.0 Å². The van der Waals surface area contributed by atoms with Gasteiger partial charge in [0.1, 0.15) is 13.5 Å². The molecular weight excluding hydrogens is 748 g/mol. The van der Waals surface area contributed by atoms with Gasteiger partial charge in [0.2, 0.25) is 9.47 Å². The Morgan fingerprint density at radius 3 is 1.68 bits per heavy atom. The van der Waals surface area contributed by atoms with Crippen LogP contribution in [-0.4, -0.2) is 93.8 Å². The van der Waals surface area contributed by atoms with Gasteiger partial charge >= 0.3 is 0 Å². The molecule has 2 heterocycles. The molecule has 0 unspecified atom stereocenters. The lowest BCUT2D eigenvalue weighted by molar-refractivity contribution is 0.0717. The number of rotatable bonds is 14. The number of aliphatic hydroxyl groups is 2. The van der Waals surface area contributed by atoms with E-state index in [1.165, 1.54) is 17.8 Å². The third kappa shape index (κ3) is 21.2. The highest BCUT2D eigenvalue weighted by Crippen LogP contribution is 2.18. The van der Waals surface area contributed by atoms with E-state index in [-0.39, 0.29) is 13.2 Å². The van der Waals surface area contributed by atoms with Gasteiger partial charge in [-0.05, 0) is 59.9 Å². The fraction of sp³-hybridized carbons (Fsp3) is 0.800. The van der Waals surface area contributed by atoms with Gasteiger partial charge in [-0.1, -0.05) is 51.0 Å². The number of thioether (sulfide) groups is 1. The van der Waals surface area contributed by atoms with Crippen molar-refractivity contribution in [3.05, 3.63) is 14.2 Å². The van der Waals surface area contributed by atoms with Crippen LogP contribution >= 0.6 is 72.2 Å². The Morgan fingerprint density at radius 2 is 1.27 bits per heavy atom. The molecule has 0 spiro atoms. The topological polar surface area (TPSA) is 120 Å². The average molecular weight is 790 g/mol. The van der Waals surface area contributed by atoms with Gasteiger partial charge in [0.05, 0.1) is 13.2 Å². The number of aliphatic hydroxyl groups excluding tert-OH is 2. The largest absolute Gasteiger partial charge is 0.396 e. The molecule has 0 fully saturated rings. The van der Waals surface area contributed by atoms with E-state index in [1.54, 1.807) is 9.36 Å². The highest BCUT2D eigenvalue weighted by Gasteiger charge is 2.14. The molecule has 0 aromatic carbocycles. The first-order valence-corrected chi connectivity index (χ1v) is 23.1. The molecule has 2 aromatic rings. The van der Waals surface area contributed by atoms with Gasteiger partial charge in [-0.3, -0.25) is 0 Å². The van der Waals surface area contributed by atoms with Crippen LogP contribution in [0.4, 0.5) is 0 Å². The SMILES string of the molecule is C[Si](C)(C)CCOCn1nc(Br)nc1Br.C[Si](C)(C)CCOCn1nc(Br)nc1SCCO.OCCS. The molecule has 0 saturated carbocycles. The maximum atomic E-state index is 8.81. The lowest BCUT2D eigenvalue weighted by atomic mass is 10.8. The summed E-state index contributed by atoms with van der Waals surface area (Å²) in [4.78, 5) is 8.28. The predicted molar refractivity (Wildman–Crippen MR) is 170 cm³/mol. The van der Waals surface area contributed by atoms with Crippen molar-refractivity contribution in [3.8, 4) is 0 Å². The van der Waals surface area contributed by atoms with Gasteiger partial charge in [0.25, 0.3) is 0 Å². The predicted octanol–water partition coefficient (Wildman–Crippen LogP) is 5.46. The van der Waals surface area contributed by atoms with E-state index < -0.39 is 16.1 Å². The van der Waals surface area contributed by atoms with Crippen molar-refractivity contribution >= 4 is 88.3 Å². The van der Waals surface area contributed by atoms with Crippen LogP contribution in [0.15, 0.2) is 19.4 Å². The van der Waals surface area contributed by atoms with Crippen LogP contribution < -0.4 is 0 Å². The van der Waals surface area contributed by atoms with Crippen LogP contribution in [0.25, 0.3) is 0 Å². The first-order valence-electron chi connectivity index (χ1n) is 11.7. The molecule has 0 aliphatic heterocycles. The van der Waals surface area contributed by atoms with Gasteiger partial charge in [-0.2, -0.15) is 22.6 Å². The van der Waals surface area contributed by atoms with E-state index in [2.05, 4.69) is 120 Å². The van der Waals surface area contributed by atoms with E-state index in [0.717, 1.165) is 24.4 Å². The summed E-state index contributed by atoms with van der Waals surface area (Å²) in [5, 5.41) is 25.7.